The van der Waals surface area contributed by atoms with Gasteiger partial charge in [-0.05, 0) is 32.3 Å². The van der Waals surface area contributed by atoms with E-state index < -0.39 is 0 Å². The summed E-state index contributed by atoms with van der Waals surface area (Å²) in [6.45, 7) is 3.81. The van der Waals surface area contributed by atoms with Crippen molar-refractivity contribution in [1.29, 1.82) is 0 Å². The molecule has 2 unspecified atom stereocenters. The molecule has 0 aromatic rings. The van der Waals surface area contributed by atoms with Crippen molar-refractivity contribution in [2.24, 2.45) is 5.92 Å². The van der Waals surface area contributed by atoms with Gasteiger partial charge in [-0.15, -0.1) is 0 Å². The number of ketones is 1. The van der Waals surface area contributed by atoms with E-state index in [9.17, 15) is 4.79 Å². The zero-order valence-corrected chi connectivity index (χ0v) is 9.10. The topological polar surface area (TPSA) is 29.1 Å². The zero-order chi connectivity index (χ0) is 10.1. The number of hydrogen-bond acceptors (Lipinski definition) is 2. The Balaban J connectivity index is 2.12. The van der Waals surface area contributed by atoms with E-state index in [-0.39, 0.29) is 0 Å². The second kappa shape index (κ2) is 3.76. The second-order valence-corrected chi connectivity index (χ2v) is 4.67. The molecular weight excluding hydrogens is 174 g/mol. The van der Waals surface area contributed by atoms with Crippen LogP contribution in [0.15, 0.2) is 11.3 Å². The smallest absolute Gasteiger partial charge is 0.133 e. The van der Waals surface area contributed by atoms with Crippen LogP contribution in [0.5, 0.6) is 0 Å². The monoisotopic (exact) mass is 193 g/mol. The fourth-order valence-corrected chi connectivity index (χ4v) is 2.90. The molecule has 1 aliphatic carbocycles. The molecule has 0 aromatic carbocycles. The van der Waals surface area contributed by atoms with Crippen LogP contribution in [-0.2, 0) is 4.79 Å². The molecule has 1 aliphatic heterocycles. The fourth-order valence-electron chi connectivity index (χ4n) is 2.90. The Morgan fingerprint density at radius 2 is 2.14 bits per heavy atom. The minimum Gasteiger partial charge on any atom is -0.385 e. The molecule has 0 spiro atoms. The highest BCUT2D eigenvalue weighted by atomic mass is 16.1. The second-order valence-electron chi connectivity index (χ2n) is 4.67. The van der Waals surface area contributed by atoms with Crippen molar-refractivity contribution in [1.82, 2.24) is 5.32 Å². The van der Waals surface area contributed by atoms with Crippen LogP contribution in [0.25, 0.3) is 0 Å². The molecule has 78 valence electrons. The van der Waals surface area contributed by atoms with Gasteiger partial charge in [-0.2, -0.15) is 0 Å². The predicted octanol–water partition coefficient (Wildman–Crippen LogP) is 2.40. The summed E-state index contributed by atoms with van der Waals surface area (Å²) in [5, 5.41) is 3.54. The summed E-state index contributed by atoms with van der Waals surface area (Å²) < 4.78 is 0. The highest BCUT2D eigenvalue weighted by molar-refractivity contribution is 5.78. The predicted molar refractivity (Wildman–Crippen MR) is 56.9 cm³/mol. The lowest BCUT2D eigenvalue weighted by molar-refractivity contribution is -0.116. The van der Waals surface area contributed by atoms with Crippen molar-refractivity contribution in [2.75, 3.05) is 0 Å². The summed E-state index contributed by atoms with van der Waals surface area (Å²) in [6, 6.07) is 0.637. The minimum absolute atomic E-state index is 0.298. The Morgan fingerprint density at radius 1 is 1.43 bits per heavy atom. The average Bonchev–Trinajstić information content (AvgIpc) is 2.43. The Bertz CT molecular complexity index is 280. The largest absolute Gasteiger partial charge is 0.385 e. The summed E-state index contributed by atoms with van der Waals surface area (Å²) >= 11 is 0. The highest BCUT2D eigenvalue weighted by Crippen LogP contribution is 2.37. The van der Waals surface area contributed by atoms with Crippen LogP contribution >= 0.6 is 0 Å². The number of allylic oxidation sites excluding steroid dienone is 1. The quantitative estimate of drug-likeness (QED) is 0.729. The maximum atomic E-state index is 11.2. The van der Waals surface area contributed by atoms with Crippen LogP contribution in [0.1, 0.15) is 46.0 Å². The Labute approximate surface area is 85.8 Å². The van der Waals surface area contributed by atoms with Crippen molar-refractivity contribution in [2.45, 2.75) is 52.0 Å². The first kappa shape index (κ1) is 9.75. The maximum absolute atomic E-state index is 11.2. The molecule has 2 atom stereocenters. The molecule has 2 heteroatoms. The van der Waals surface area contributed by atoms with Gasteiger partial charge in [0.25, 0.3) is 0 Å². The van der Waals surface area contributed by atoms with Gasteiger partial charge in [-0.25, -0.2) is 0 Å². The van der Waals surface area contributed by atoms with Crippen molar-refractivity contribution in [3.8, 4) is 0 Å². The van der Waals surface area contributed by atoms with Gasteiger partial charge in [0.15, 0.2) is 0 Å². The third kappa shape index (κ3) is 1.70. The van der Waals surface area contributed by atoms with Crippen molar-refractivity contribution in [3.05, 3.63) is 11.3 Å². The van der Waals surface area contributed by atoms with E-state index in [0.29, 0.717) is 24.2 Å². The molecule has 1 fully saturated rings. The maximum Gasteiger partial charge on any atom is 0.133 e. The normalized spacial score (nSPS) is 31.3. The van der Waals surface area contributed by atoms with E-state index in [1.807, 2.05) is 0 Å². The van der Waals surface area contributed by atoms with Gasteiger partial charge in [0.2, 0.25) is 0 Å². The summed E-state index contributed by atoms with van der Waals surface area (Å²) in [7, 11) is 0. The Kier molecular flexibility index (Phi) is 2.62. The van der Waals surface area contributed by atoms with E-state index in [2.05, 4.69) is 12.2 Å². The molecule has 0 aromatic heterocycles. The van der Waals surface area contributed by atoms with Crippen LogP contribution in [0.4, 0.5) is 0 Å². The number of fused-ring (bicyclic) bond motifs is 1. The van der Waals surface area contributed by atoms with Gasteiger partial charge >= 0.3 is 0 Å². The summed E-state index contributed by atoms with van der Waals surface area (Å²) in [6.07, 6.45) is 5.90. The first-order valence-corrected chi connectivity index (χ1v) is 5.64. The Hall–Kier alpha value is -0.790. The van der Waals surface area contributed by atoms with Crippen LogP contribution in [0.2, 0.25) is 0 Å². The molecule has 0 saturated heterocycles. The number of hydrogen-bond donors (Lipinski definition) is 1. The first-order valence-electron chi connectivity index (χ1n) is 5.64. The number of nitrogens with one attached hydrogen (secondary N) is 1. The van der Waals surface area contributed by atoms with Crippen LogP contribution < -0.4 is 5.32 Å². The Morgan fingerprint density at radius 3 is 2.86 bits per heavy atom. The number of rotatable bonds is 2. The molecule has 1 heterocycles. The highest BCUT2D eigenvalue weighted by Gasteiger charge is 2.34. The average molecular weight is 193 g/mol. The van der Waals surface area contributed by atoms with E-state index in [0.717, 1.165) is 0 Å². The molecule has 1 N–H and O–H groups in total. The zero-order valence-electron chi connectivity index (χ0n) is 9.10. The SMILES string of the molecule is CC(=O)CC1=C(C)NC2CCCCC12. The van der Waals surface area contributed by atoms with Crippen molar-refractivity contribution in [3.63, 3.8) is 0 Å². The van der Waals surface area contributed by atoms with Gasteiger partial charge in [0, 0.05) is 24.1 Å². The summed E-state index contributed by atoms with van der Waals surface area (Å²) in [4.78, 5) is 11.2. The molecular formula is C12H19NO. The number of Topliss-reactive ketones (excluding diaryl/α,β-unsaturated/α-hetero) is 1. The molecule has 0 amide bonds. The fraction of sp³-hybridized carbons (Fsp3) is 0.750. The molecule has 1 saturated carbocycles. The van der Waals surface area contributed by atoms with E-state index >= 15 is 0 Å². The first-order chi connectivity index (χ1) is 6.68. The van der Waals surface area contributed by atoms with Gasteiger partial charge in [0.05, 0.1) is 0 Å². The molecule has 2 rings (SSSR count). The number of carbonyl (C=O) groups is 1. The van der Waals surface area contributed by atoms with Crippen molar-refractivity contribution >= 4 is 5.78 Å². The van der Waals surface area contributed by atoms with E-state index in [4.69, 9.17) is 0 Å². The lowest BCUT2D eigenvalue weighted by atomic mass is 9.80. The standard InChI is InChI=1S/C12H19NO/c1-8(14)7-11-9(2)13-12-6-4-3-5-10(11)12/h10,12-13H,3-7H2,1-2H3. The van der Waals surface area contributed by atoms with E-state index in [1.54, 1.807) is 6.92 Å². The van der Waals surface area contributed by atoms with E-state index in [1.165, 1.54) is 37.0 Å². The van der Waals surface area contributed by atoms with Crippen LogP contribution in [-0.4, -0.2) is 11.8 Å². The number of carbonyl (C=O) groups excluding carboxylic acids is 1. The van der Waals surface area contributed by atoms with Gasteiger partial charge in [-0.1, -0.05) is 12.8 Å². The van der Waals surface area contributed by atoms with Gasteiger partial charge < -0.3 is 5.32 Å². The van der Waals surface area contributed by atoms with Crippen molar-refractivity contribution < 1.29 is 4.79 Å². The summed E-state index contributed by atoms with van der Waals surface area (Å²) in [5.41, 5.74) is 2.67. The van der Waals surface area contributed by atoms with Crippen LogP contribution in [0.3, 0.4) is 0 Å². The van der Waals surface area contributed by atoms with Crippen LogP contribution in [0, 0.1) is 5.92 Å². The third-order valence-corrected chi connectivity index (χ3v) is 3.54. The lowest BCUT2D eigenvalue weighted by Gasteiger charge is -2.27. The van der Waals surface area contributed by atoms with Gasteiger partial charge in [0.1, 0.15) is 5.78 Å². The lowest BCUT2D eigenvalue weighted by Crippen LogP contribution is -2.31. The molecule has 14 heavy (non-hydrogen) atoms. The van der Waals surface area contributed by atoms with Gasteiger partial charge in [-0.3, -0.25) is 4.79 Å². The molecule has 0 bridgehead atoms. The molecule has 2 nitrogen and oxygen atoms in total. The molecule has 2 aliphatic rings. The third-order valence-electron chi connectivity index (χ3n) is 3.54. The summed E-state index contributed by atoms with van der Waals surface area (Å²) in [5.74, 6) is 0.958. The minimum atomic E-state index is 0.298. The molecule has 0 radical (unpaired) electrons.